The fraction of sp³-hybridized carbons (Fsp3) is 0.500. The van der Waals surface area contributed by atoms with Gasteiger partial charge >= 0.3 is 0 Å². The summed E-state index contributed by atoms with van der Waals surface area (Å²) in [5, 5.41) is 3.94. The zero-order valence-electron chi connectivity index (χ0n) is 15.8. The Bertz CT molecular complexity index is 635. The SMILES string of the molecule is C=CC.CN(C)C1(CNC(=O)Cc2ccc(Cl)c(Cl)c2)CCC(=O)CC1. The van der Waals surface area contributed by atoms with Gasteiger partial charge in [-0.25, -0.2) is 0 Å². The third-order valence-electron chi connectivity index (χ3n) is 4.65. The van der Waals surface area contributed by atoms with Crippen molar-refractivity contribution in [3.63, 3.8) is 0 Å². The molecule has 0 radical (unpaired) electrons. The van der Waals surface area contributed by atoms with E-state index in [1.54, 1.807) is 24.3 Å². The van der Waals surface area contributed by atoms with Crippen LogP contribution in [0.1, 0.15) is 38.2 Å². The third kappa shape index (κ3) is 6.75. The van der Waals surface area contributed by atoms with Gasteiger partial charge in [0.1, 0.15) is 5.78 Å². The topological polar surface area (TPSA) is 49.4 Å². The second-order valence-electron chi connectivity index (χ2n) is 6.77. The largest absolute Gasteiger partial charge is 0.354 e. The monoisotopic (exact) mass is 398 g/mol. The minimum atomic E-state index is -0.138. The van der Waals surface area contributed by atoms with Gasteiger partial charge in [0.25, 0.3) is 0 Å². The van der Waals surface area contributed by atoms with E-state index in [1.165, 1.54) is 0 Å². The van der Waals surface area contributed by atoms with E-state index in [1.807, 2.05) is 21.0 Å². The maximum absolute atomic E-state index is 12.2. The van der Waals surface area contributed by atoms with Crippen molar-refractivity contribution in [3.05, 3.63) is 46.5 Å². The molecule has 0 heterocycles. The number of allylic oxidation sites excluding steroid dienone is 1. The number of amides is 1. The first-order chi connectivity index (χ1) is 12.2. The Morgan fingerprint density at radius 3 is 2.35 bits per heavy atom. The lowest BCUT2D eigenvalue weighted by Crippen LogP contribution is -2.54. The fourth-order valence-corrected chi connectivity index (χ4v) is 3.26. The summed E-state index contributed by atoms with van der Waals surface area (Å²) in [7, 11) is 4.00. The molecular weight excluding hydrogens is 371 g/mol. The molecule has 1 aromatic carbocycles. The number of Topliss-reactive ketones (excluding diaryl/α,β-unsaturated/α-hetero) is 1. The van der Waals surface area contributed by atoms with E-state index in [4.69, 9.17) is 23.2 Å². The Balaban J connectivity index is 0.00000105. The Morgan fingerprint density at radius 1 is 1.27 bits per heavy atom. The normalized spacial score (nSPS) is 15.8. The van der Waals surface area contributed by atoms with Crippen LogP contribution in [0.4, 0.5) is 0 Å². The Kier molecular flexibility index (Phi) is 9.34. The van der Waals surface area contributed by atoms with Gasteiger partial charge in [-0.3, -0.25) is 9.59 Å². The molecule has 1 amide bonds. The minimum absolute atomic E-state index is 0.0542. The van der Waals surface area contributed by atoms with Gasteiger partial charge in [0, 0.05) is 24.9 Å². The van der Waals surface area contributed by atoms with Crippen molar-refractivity contribution >= 4 is 34.9 Å². The number of nitrogens with zero attached hydrogens (tertiary/aromatic N) is 1. The van der Waals surface area contributed by atoms with E-state index in [0.717, 1.165) is 18.4 Å². The summed E-state index contributed by atoms with van der Waals surface area (Å²) in [4.78, 5) is 25.8. The number of carbonyl (C=O) groups excluding carboxylic acids is 2. The highest BCUT2D eigenvalue weighted by molar-refractivity contribution is 6.42. The average Bonchev–Trinajstić information content (AvgIpc) is 2.58. The summed E-state index contributed by atoms with van der Waals surface area (Å²) in [5.74, 6) is 0.256. The van der Waals surface area contributed by atoms with Gasteiger partial charge in [-0.2, -0.15) is 0 Å². The van der Waals surface area contributed by atoms with Crippen LogP contribution >= 0.6 is 23.2 Å². The number of carbonyl (C=O) groups is 2. The smallest absolute Gasteiger partial charge is 0.224 e. The Labute approximate surface area is 166 Å². The summed E-state index contributed by atoms with van der Waals surface area (Å²) in [6, 6.07) is 5.21. The van der Waals surface area contributed by atoms with Crippen LogP contribution in [0.25, 0.3) is 0 Å². The zero-order valence-corrected chi connectivity index (χ0v) is 17.3. The van der Waals surface area contributed by atoms with Gasteiger partial charge in [-0.05, 0) is 51.6 Å². The lowest BCUT2D eigenvalue weighted by Gasteiger charge is -2.42. The Hall–Kier alpha value is -1.36. The van der Waals surface area contributed by atoms with Crippen molar-refractivity contribution in [1.82, 2.24) is 10.2 Å². The second kappa shape index (κ2) is 10.7. The third-order valence-corrected chi connectivity index (χ3v) is 5.39. The average molecular weight is 399 g/mol. The first kappa shape index (κ1) is 22.7. The van der Waals surface area contributed by atoms with E-state index < -0.39 is 0 Å². The molecule has 1 aliphatic rings. The number of nitrogens with one attached hydrogen (secondary N) is 1. The van der Waals surface area contributed by atoms with Gasteiger partial charge in [-0.1, -0.05) is 35.3 Å². The van der Waals surface area contributed by atoms with Crippen LogP contribution in [0.2, 0.25) is 10.0 Å². The van der Waals surface area contributed by atoms with Crippen LogP contribution in [-0.2, 0) is 16.0 Å². The molecule has 26 heavy (non-hydrogen) atoms. The maximum Gasteiger partial charge on any atom is 0.224 e. The standard InChI is InChI=1S/C17H22Cl2N2O2.C3H6/c1-21(2)17(7-5-13(22)6-8-17)11-20-16(23)10-12-3-4-14(18)15(19)9-12;1-3-2/h3-4,9H,5-8,10-11H2,1-2H3,(H,20,23);3H,1H2,2H3. The fourth-order valence-electron chi connectivity index (χ4n) is 2.94. The molecule has 0 aliphatic heterocycles. The van der Waals surface area contributed by atoms with Crippen molar-refractivity contribution in [1.29, 1.82) is 0 Å². The maximum atomic E-state index is 12.2. The Morgan fingerprint density at radius 2 is 1.85 bits per heavy atom. The van der Waals surface area contributed by atoms with Crippen molar-refractivity contribution in [2.75, 3.05) is 20.6 Å². The molecule has 0 aromatic heterocycles. The number of benzene rings is 1. The molecule has 1 N–H and O–H groups in total. The summed E-state index contributed by atoms with van der Waals surface area (Å²) < 4.78 is 0. The van der Waals surface area contributed by atoms with E-state index >= 15 is 0 Å². The molecule has 144 valence electrons. The van der Waals surface area contributed by atoms with Crippen LogP contribution in [0.15, 0.2) is 30.9 Å². The number of rotatable bonds is 5. The molecule has 0 unspecified atom stereocenters. The lowest BCUT2D eigenvalue weighted by molar-refractivity contribution is -0.123. The number of ketones is 1. The van der Waals surface area contributed by atoms with Crippen molar-refractivity contribution < 1.29 is 9.59 Å². The molecule has 1 fully saturated rings. The number of hydrogen-bond acceptors (Lipinski definition) is 3. The molecule has 1 saturated carbocycles. The molecule has 2 rings (SSSR count). The van der Waals surface area contributed by atoms with Crippen molar-refractivity contribution in [2.45, 2.75) is 44.6 Å². The number of likely N-dealkylation sites (N-methyl/N-ethyl adjacent to an activating group) is 1. The van der Waals surface area contributed by atoms with Crippen LogP contribution < -0.4 is 5.32 Å². The van der Waals surface area contributed by atoms with E-state index in [9.17, 15) is 9.59 Å². The highest BCUT2D eigenvalue weighted by Gasteiger charge is 2.36. The summed E-state index contributed by atoms with van der Waals surface area (Å²) in [6.07, 6.45) is 4.75. The highest BCUT2D eigenvalue weighted by atomic mass is 35.5. The summed E-state index contributed by atoms with van der Waals surface area (Å²) in [5.41, 5.74) is 0.691. The minimum Gasteiger partial charge on any atom is -0.354 e. The second-order valence-corrected chi connectivity index (χ2v) is 7.58. The predicted octanol–water partition coefficient (Wildman–Crippen LogP) is 4.29. The zero-order chi connectivity index (χ0) is 19.7. The van der Waals surface area contributed by atoms with Crippen molar-refractivity contribution in [2.24, 2.45) is 0 Å². The molecule has 0 atom stereocenters. The number of hydrogen-bond donors (Lipinski definition) is 1. The van der Waals surface area contributed by atoms with Gasteiger partial charge < -0.3 is 10.2 Å². The van der Waals surface area contributed by atoms with Gasteiger partial charge in [0.15, 0.2) is 0 Å². The van der Waals surface area contributed by atoms with Crippen LogP contribution in [0.3, 0.4) is 0 Å². The first-order valence-corrected chi connectivity index (χ1v) is 9.46. The van der Waals surface area contributed by atoms with Gasteiger partial charge in [-0.15, -0.1) is 6.58 Å². The number of halogens is 2. The van der Waals surface area contributed by atoms with E-state index in [0.29, 0.717) is 35.2 Å². The predicted molar refractivity (Wildman–Crippen MR) is 109 cm³/mol. The molecule has 0 saturated heterocycles. The highest BCUT2D eigenvalue weighted by Crippen LogP contribution is 2.30. The molecule has 4 nitrogen and oxygen atoms in total. The first-order valence-electron chi connectivity index (χ1n) is 8.71. The van der Waals surface area contributed by atoms with Gasteiger partial charge in [0.05, 0.1) is 16.5 Å². The van der Waals surface area contributed by atoms with Crippen LogP contribution in [0, 0.1) is 0 Å². The van der Waals surface area contributed by atoms with Crippen molar-refractivity contribution in [3.8, 4) is 0 Å². The van der Waals surface area contributed by atoms with E-state index in [2.05, 4.69) is 16.8 Å². The lowest BCUT2D eigenvalue weighted by atomic mass is 9.80. The summed E-state index contributed by atoms with van der Waals surface area (Å²) in [6.45, 7) is 5.80. The van der Waals surface area contributed by atoms with Crippen LogP contribution in [0.5, 0.6) is 0 Å². The quantitative estimate of drug-likeness (QED) is 0.752. The molecule has 1 aliphatic carbocycles. The van der Waals surface area contributed by atoms with Crippen LogP contribution in [-0.4, -0.2) is 42.8 Å². The van der Waals surface area contributed by atoms with Gasteiger partial charge in [0.2, 0.25) is 5.91 Å². The molecule has 6 heteroatoms. The molecule has 0 spiro atoms. The molecular formula is C20H28Cl2N2O2. The molecule has 1 aromatic rings. The summed E-state index contributed by atoms with van der Waals surface area (Å²) >= 11 is 11.9. The van der Waals surface area contributed by atoms with E-state index in [-0.39, 0.29) is 17.9 Å². The molecule has 0 bridgehead atoms.